The lowest BCUT2D eigenvalue weighted by atomic mass is 9.83. The number of aliphatic hydroxyl groups is 1. The third-order valence-electron chi connectivity index (χ3n) is 4.11. The molecule has 5 heteroatoms. The van der Waals surface area contributed by atoms with Crippen LogP contribution in [0.25, 0.3) is 11.0 Å². The zero-order valence-corrected chi connectivity index (χ0v) is 11.8. The van der Waals surface area contributed by atoms with Crippen LogP contribution < -0.4 is 5.32 Å². The summed E-state index contributed by atoms with van der Waals surface area (Å²) in [4.78, 5) is 8.73. The topological polar surface area (TPSA) is 63.0 Å². The van der Waals surface area contributed by atoms with Gasteiger partial charge in [0.2, 0.25) is 0 Å². The molecule has 2 N–H and O–H groups in total. The Morgan fingerprint density at radius 1 is 1.32 bits per heavy atom. The summed E-state index contributed by atoms with van der Waals surface area (Å²) in [6.45, 7) is 5.11. The second kappa shape index (κ2) is 5.57. The molecule has 0 atom stereocenters. The van der Waals surface area contributed by atoms with Gasteiger partial charge in [0.25, 0.3) is 0 Å². The van der Waals surface area contributed by atoms with Gasteiger partial charge in [-0.05, 0) is 18.9 Å². The number of aryl methyl sites for hydroxylation is 1. The zero-order valence-electron chi connectivity index (χ0n) is 11.8. The lowest BCUT2D eigenvalue weighted by Crippen LogP contribution is -2.32. The minimum Gasteiger partial charge on any atom is -0.396 e. The van der Waals surface area contributed by atoms with Gasteiger partial charge in [-0.1, -0.05) is 13.8 Å². The van der Waals surface area contributed by atoms with E-state index in [1.165, 1.54) is 0 Å². The summed E-state index contributed by atoms with van der Waals surface area (Å²) in [5.74, 6) is 0.790. The Kier molecular flexibility index (Phi) is 4.04. The van der Waals surface area contributed by atoms with E-state index >= 15 is 0 Å². The van der Waals surface area contributed by atoms with Gasteiger partial charge in [0.15, 0.2) is 5.82 Å². The van der Waals surface area contributed by atoms with E-state index in [2.05, 4.69) is 29.1 Å². The molecular formula is C14H22N4O. The number of hydrogen-bond donors (Lipinski definition) is 2. The van der Waals surface area contributed by atoms with Crippen LogP contribution in [0.4, 0.5) is 5.82 Å². The Morgan fingerprint density at radius 2 is 2.05 bits per heavy atom. The summed E-state index contributed by atoms with van der Waals surface area (Å²) in [6.07, 6.45) is 5.44. The highest BCUT2D eigenvalue weighted by atomic mass is 16.3. The number of rotatable bonds is 6. The number of imidazole rings is 1. The van der Waals surface area contributed by atoms with Crippen LogP contribution in [0.1, 0.15) is 26.7 Å². The third kappa shape index (κ3) is 2.56. The molecule has 19 heavy (non-hydrogen) atoms. The lowest BCUT2D eigenvalue weighted by molar-refractivity contribution is 0.127. The van der Waals surface area contributed by atoms with Crippen LogP contribution in [0.5, 0.6) is 0 Å². The molecule has 104 valence electrons. The SMILES string of the molecule is CCC(CC)(CO)CNc1nccc2c1ncn2C. The number of hydrogen-bond acceptors (Lipinski definition) is 4. The number of nitrogens with one attached hydrogen (secondary N) is 1. The maximum absolute atomic E-state index is 9.59. The maximum Gasteiger partial charge on any atom is 0.154 e. The average Bonchev–Trinajstić information content (AvgIpc) is 2.84. The Morgan fingerprint density at radius 3 is 2.68 bits per heavy atom. The van der Waals surface area contributed by atoms with Crippen molar-refractivity contribution in [3.05, 3.63) is 18.6 Å². The van der Waals surface area contributed by atoms with E-state index < -0.39 is 0 Å². The molecular weight excluding hydrogens is 240 g/mol. The van der Waals surface area contributed by atoms with Crippen LogP contribution in [-0.4, -0.2) is 32.8 Å². The van der Waals surface area contributed by atoms with Crippen LogP contribution in [-0.2, 0) is 7.05 Å². The molecule has 0 radical (unpaired) electrons. The molecule has 2 rings (SSSR count). The molecule has 0 amide bonds. The molecule has 0 aromatic carbocycles. The fourth-order valence-corrected chi connectivity index (χ4v) is 2.24. The molecule has 0 saturated carbocycles. The van der Waals surface area contributed by atoms with E-state index in [9.17, 15) is 5.11 Å². The maximum atomic E-state index is 9.59. The highest BCUT2D eigenvalue weighted by Gasteiger charge is 2.25. The van der Waals surface area contributed by atoms with Gasteiger partial charge < -0.3 is 15.0 Å². The third-order valence-corrected chi connectivity index (χ3v) is 4.11. The first-order valence-corrected chi connectivity index (χ1v) is 6.76. The smallest absolute Gasteiger partial charge is 0.154 e. The fraction of sp³-hybridized carbons (Fsp3) is 0.571. The van der Waals surface area contributed by atoms with Crippen molar-refractivity contribution in [3.63, 3.8) is 0 Å². The van der Waals surface area contributed by atoms with Gasteiger partial charge in [-0.25, -0.2) is 9.97 Å². The van der Waals surface area contributed by atoms with Crippen molar-refractivity contribution >= 4 is 16.9 Å². The molecule has 0 spiro atoms. The Hall–Kier alpha value is -1.62. The van der Waals surface area contributed by atoms with E-state index in [-0.39, 0.29) is 12.0 Å². The van der Waals surface area contributed by atoms with Crippen LogP contribution >= 0.6 is 0 Å². The van der Waals surface area contributed by atoms with Crippen LogP contribution in [0.15, 0.2) is 18.6 Å². The minimum atomic E-state index is -0.0847. The predicted molar refractivity (Wildman–Crippen MR) is 77.1 cm³/mol. The summed E-state index contributed by atoms with van der Waals surface area (Å²) in [6, 6.07) is 1.95. The van der Waals surface area contributed by atoms with Gasteiger partial charge in [-0.2, -0.15) is 0 Å². The predicted octanol–water partition coefficient (Wildman–Crippen LogP) is 2.18. The number of aromatic nitrogens is 3. The monoisotopic (exact) mass is 262 g/mol. The Labute approximate surface area is 113 Å². The molecule has 0 bridgehead atoms. The first-order chi connectivity index (χ1) is 9.15. The summed E-state index contributed by atoms with van der Waals surface area (Å²) >= 11 is 0. The summed E-state index contributed by atoms with van der Waals surface area (Å²) in [7, 11) is 1.97. The van der Waals surface area contributed by atoms with E-state index in [0.29, 0.717) is 6.54 Å². The van der Waals surface area contributed by atoms with Crippen molar-refractivity contribution in [2.75, 3.05) is 18.5 Å². The van der Waals surface area contributed by atoms with Crippen LogP contribution in [0, 0.1) is 5.41 Å². The molecule has 0 unspecified atom stereocenters. The molecule has 0 aliphatic carbocycles. The van der Waals surface area contributed by atoms with Gasteiger partial charge in [0, 0.05) is 25.2 Å². The van der Waals surface area contributed by atoms with E-state index in [0.717, 1.165) is 29.7 Å². The highest BCUT2D eigenvalue weighted by molar-refractivity contribution is 5.85. The van der Waals surface area contributed by atoms with E-state index in [1.807, 2.05) is 17.7 Å². The van der Waals surface area contributed by atoms with Gasteiger partial charge in [-0.3, -0.25) is 0 Å². The molecule has 0 aliphatic heterocycles. The highest BCUT2D eigenvalue weighted by Crippen LogP contribution is 2.27. The summed E-state index contributed by atoms with van der Waals surface area (Å²) in [5, 5.41) is 12.9. The van der Waals surface area contributed by atoms with Crippen molar-refractivity contribution in [2.45, 2.75) is 26.7 Å². The van der Waals surface area contributed by atoms with Gasteiger partial charge in [-0.15, -0.1) is 0 Å². The first-order valence-electron chi connectivity index (χ1n) is 6.76. The van der Waals surface area contributed by atoms with Crippen molar-refractivity contribution < 1.29 is 5.11 Å². The first kappa shape index (κ1) is 13.8. The molecule has 2 aromatic rings. The normalized spacial score (nSPS) is 12.0. The summed E-state index contributed by atoms with van der Waals surface area (Å²) < 4.78 is 1.97. The fourth-order valence-electron chi connectivity index (χ4n) is 2.24. The number of anilines is 1. The second-order valence-corrected chi connectivity index (χ2v) is 5.10. The zero-order chi connectivity index (χ0) is 13.9. The van der Waals surface area contributed by atoms with Gasteiger partial charge >= 0.3 is 0 Å². The average molecular weight is 262 g/mol. The largest absolute Gasteiger partial charge is 0.396 e. The molecule has 5 nitrogen and oxygen atoms in total. The van der Waals surface area contributed by atoms with Gasteiger partial charge in [0.1, 0.15) is 5.52 Å². The second-order valence-electron chi connectivity index (χ2n) is 5.10. The quantitative estimate of drug-likeness (QED) is 0.837. The standard InChI is InChI=1S/C14H22N4O/c1-4-14(5-2,9-19)8-16-13-12-11(6-7-15-13)18(3)10-17-12/h6-7,10,19H,4-5,8-9H2,1-3H3,(H,15,16). The van der Waals surface area contributed by atoms with E-state index in [1.54, 1.807) is 12.5 Å². The summed E-state index contributed by atoms with van der Waals surface area (Å²) in [5.41, 5.74) is 1.85. The molecule has 2 heterocycles. The van der Waals surface area contributed by atoms with Crippen molar-refractivity contribution in [1.82, 2.24) is 14.5 Å². The van der Waals surface area contributed by atoms with Crippen molar-refractivity contribution in [2.24, 2.45) is 12.5 Å². The molecule has 2 aromatic heterocycles. The minimum absolute atomic E-state index is 0.0847. The van der Waals surface area contributed by atoms with Crippen molar-refractivity contribution in [1.29, 1.82) is 0 Å². The lowest BCUT2D eigenvalue weighted by Gasteiger charge is -2.29. The number of fused-ring (bicyclic) bond motifs is 1. The molecule has 0 fully saturated rings. The van der Waals surface area contributed by atoms with Crippen LogP contribution in [0.3, 0.4) is 0 Å². The Bertz CT molecular complexity index is 537. The van der Waals surface area contributed by atoms with Gasteiger partial charge in [0.05, 0.1) is 18.5 Å². The molecule has 0 aliphatic rings. The Balaban J connectivity index is 2.22. The van der Waals surface area contributed by atoms with E-state index in [4.69, 9.17) is 0 Å². The number of pyridine rings is 1. The number of aliphatic hydroxyl groups excluding tert-OH is 1. The van der Waals surface area contributed by atoms with Crippen molar-refractivity contribution in [3.8, 4) is 0 Å². The number of nitrogens with zero attached hydrogens (tertiary/aromatic N) is 3. The van der Waals surface area contributed by atoms with Crippen LogP contribution in [0.2, 0.25) is 0 Å². The molecule has 0 saturated heterocycles.